The van der Waals surface area contributed by atoms with E-state index >= 15 is 0 Å². The molecule has 0 spiro atoms. The Balaban J connectivity index is 1.70. The van der Waals surface area contributed by atoms with E-state index in [1.165, 1.54) is 5.56 Å². The lowest BCUT2D eigenvalue weighted by atomic mass is 10.1. The number of carbonyl (C=O) groups excluding carboxylic acids is 1. The molecule has 17 heavy (non-hydrogen) atoms. The van der Waals surface area contributed by atoms with E-state index in [-0.39, 0.29) is 0 Å². The van der Waals surface area contributed by atoms with Crippen LogP contribution in [-0.2, 0) is 16.1 Å². The highest BCUT2D eigenvalue weighted by Crippen LogP contribution is 2.15. The van der Waals surface area contributed by atoms with Gasteiger partial charge in [-0.15, -0.1) is 0 Å². The van der Waals surface area contributed by atoms with Crippen LogP contribution in [0.4, 0.5) is 0 Å². The Hall–Kier alpha value is -1.19. The summed E-state index contributed by atoms with van der Waals surface area (Å²) in [5.41, 5.74) is 1.22. The molecule has 2 rings (SSSR count). The second kappa shape index (κ2) is 6.52. The molecule has 3 nitrogen and oxygen atoms in total. The van der Waals surface area contributed by atoms with Crippen molar-refractivity contribution < 1.29 is 9.53 Å². The lowest BCUT2D eigenvalue weighted by Gasteiger charge is -2.30. The van der Waals surface area contributed by atoms with Crippen molar-refractivity contribution >= 4 is 6.29 Å². The molecule has 1 heterocycles. The van der Waals surface area contributed by atoms with Crippen LogP contribution < -0.4 is 0 Å². The van der Waals surface area contributed by atoms with E-state index in [2.05, 4.69) is 17.0 Å². The van der Waals surface area contributed by atoms with E-state index in [4.69, 9.17) is 4.74 Å². The van der Waals surface area contributed by atoms with Crippen LogP contribution in [0.25, 0.3) is 0 Å². The Bertz CT molecular complexity index is 331. The average molecular weight is 233 g/mol. The summed E-state index contributed by atoms with van der Waals surface area (Å²) < 4.78 is 5.88. The van der Waals surface area contributed by atoms with Crippen molar-refractivity contribution in [3.63, 3.8) is 0 Å². The monoisotopic (exact) mass is 233 g/mol. The maximum absolute atomic E-state index is 10.4. The van der Waals surface area contributed by atoms with Gasteiger partial charge < -0.3 is 9.53 Å². The molecule has 1 aromatic carbocycles. The molecule has 1 saturated heterocycles. The van der Waals surface area contributed by atoms with E-state index in [1.54, 1.807) is 0 Å². The fourth-order valence-corrected chi connectivity index (χ4v) is 2.15. The smallest absolute Gasteiger partial charge is 0.133 e. The number of hydrogen-bond donors (Lipinski definition) is 0. The van der Waals surface area contributed by atoms with Gasteiger partial charge in [-0.1, -0.05) is 30.3 Å². The summed E-state index contributed by atoms with van der Waals surface area (Å²) in [6, 6.07) is 10.3. The van der Waals surface area contributed by atoms with Gasteiger partial charge in [0.1, 0.15) is 6.29 Å². The number of aldehydes is 1. The molecule has 0 aliphatic carbocycles. The predicted octanol–water partition coefficient (Wildman–Crippen LogP) is 1.87. The fraction of sp³-hybridized carbons (Fsp3) is 0.500. The Morgan fingerprint density at radius 3 is 2.59 bits per heavy atom. The van der Waals surface area contributed by atoms with Crippen molar-refractivity contribution in [2.24, 2.45) is 0 Å². The van der Waals surface area contributed by atoms with Crippen molar-refractivity contribution in [2.45, 2.75) is 25.6 Å². The molecule has 1 fully saturated rings. The van der Waals surface area contributed by atoms with Crippen molar-refractivity contribution in [3.8, 4) is 0 Å². The molecular formula is C14H19NO2. The molecule has 0 bridgehead atoms. The van der Waals surface area contributed by atoms with Crippen LogP contribution in [0.15, 0.2) is 30.3 Å². The van der Waals surface area contributed by atoms with E-state index in [0.717, 1.165) is 32.2 Å². The lowest BCUT2D eigenvalue weighted by molar-refractivity contribution is -0.109. The van der Waals surface area contributed by atoms with Gasteiger partial charge >= 0.3 is 0 Å². The quantitative estimate of drug-likeness (QED) is 0.727. The number of hydrogen-bond acceptors (Lipinski definition) is 3. The number of rotatable bonds is 5. The highest BCUT2D eigenvalue weighted by atomic mass is 16.5. The van der Waals surface area contributed by atoms with Gasteiger partial charge in [-0.2, -0.15) is 0 Å². The number of carbonyl (C=O) groups is 1. The third kappa shape index (κ3) is 3.95. The summed E-state index contributed by atoms with van der Waals surface area (Å²) in [5.74, 6) is 0. The topological polar surface area (TPSA) is 29.5 Å². The molecule has 0 saturated carbocycles. The van der Waals surface area contributed by atoms with Crippen LogP contribution in [0.5, 0.6) is 0 Å². The van der Waals surface area contributed by atoms with Crippen LogP contribution in [0.2, 0.25) is 0 Å². The van der Waals surface area contributed by atoms with Gasteiger partial charge in [0.05, 0.1) is 19.3 Å². The average Bonchev–Trinajstić information content (AvgIpc) is 2.40. The Morgan fingerprint density at radius 1 is 1.24 bits per heavy atom. The van der Waals surface area contributed by atoms with Crippen LogP contribution in [-0.4, -0.2) is 36.9 Å². The summed E-state index contributed by atoms with van der Waals surface area (Å²) in [5, 5.41) is 0. The lowest BCUT2D eigenvalue weighted by Crippen LogP contribution is -2.37. The summed E-state index contributed by atoms with van der Waals surface area (Å²) in [4.78, 5) is 12.6. The summed E-state index contributed by atoms with van der Waals surface area (Å²) in [7, 11) is 0. The predicted molar refractivity (Wildman–Crippen MR) is 66.8 cm³/mol. The molecule has 0 amide bonds. The van der Waals surface area contributed by atoms with Gasteiger partial charge in [0.15, 0.2) is 0 Å². The minimum atomic E-state index is 0.345. The molecule has 3 heteroatoms. The zero-order chi connectivity index (χ0) is 11.9. The third-order valence-electron chi connectivity index (χ3n) is 3.20. The van der Waals surface area contributed by atoms with Gasteiger partial charge in [-0.25, -0.2) is 0 Å². The standard InChI is InChI=1S/C14H19NO2/c16-11-10-15-8-6-14(7-9-15)17-12-13-4-2-1-3-5-13/h1-5,11,14H,6-10,12H2. The maximum Gasteiger partial charge on any atom is 0.133 e. The number of benzene rings is 1. The van der Waals surface area contributed by atoms with E-state index in [9.17, 15) is 4.79 Å². The first-order valence-electron chi connectivity index (χ1n) is 6.20. The van der Waals surface area contributed by atoms with Gasteiger partial charge in [0.2, 0.25) is 0 Å². The number of piperidine rings is 1. The zero-order valence-corrected chi connectivity index (χ0v) is 10.0. The highest BCUT2D eigenvalue weighted by molar-refractivity contribution is 5.51. The van der Waals surface area contributed by atoms with Crippen LogP contribution in [0.1, 0.15) is 18.4 Å². The Morgan fingerprint density at radius 2 is 1.94 bits per heavy atom. The van der Waals surface area contributed by atoms with E-state index in [0.29, 0.717) is 19.3 Å². The first-order valence-corrected chi connectivity index (χ1v) is 6.20. The molecule has 0 N–H and O–H groups in total. The molecule has 0 unspecified atom stereocenters. The van der Waals surface area contributed by atoms with Gasteiger partial charge in [0.25, 0.3) is 0 Å². The van der Waals surface area contributed by atoms with Crippen LogP contribution >= 0.6 is 0 Å². The number of nitrogens with zero attached hydrogens (tertiary/aromatic N) is 1. The summed E-state index contributed by atoms with van der Waals surface area (Å²) in [6.07, 6.45) is 3.38. The van der Waals surface area contributed by atoms with E-state index < -0.39 is 0 Å². The second-order valence-corrected chi connectivity index (χ2v) is 4.46. The molecule has 1 aliphatic heterocycles. The molecule has 0 aromatic heterocycles. The molecule has 0 radical (unpaired) electrons. The van der Waals surface area contributed by atoms with Gasteiger partial charge in [-0.05, 0) is 18.4 Å². The van der Waals surface area contributed by atoms with Crippen molar-refractivity contribution in [3.05, 3.63) is 35.9 Å². The first kappa shape index (κ1) is 12.3. The zero-order valence-electron chi connectivity index (χ0n) is 10.0. The Kier molecular flexibility index (Phi) is 4.71. The maximum atomic E-state index is 10.4. The Labute approximate surface area is 102 Å². The largest absolute Gasteiger partial charge is 0.373 e. The first-order chi connectivity index (χ1) is 8.38. The minimum Gasteiger partial charge on any atom is -0.373 e. The molecule has 1 aliphatic rings. The highest BCUT2D eigenvalue weighted by Gasteiger charge is 2.18. The van der Waals surface area contributed by atoms with E-state index in [1.807, 2.05) is 18.2 Å². The fourth-order valence-electron chi connectivity index (χ4n) is 2.15. The summed E-state index contributed by atoms with van der Waals surface area (Å²) >= 11 is 0. The van der Waals surface area contributed by atoms with Crippen molar-refractivity contribution in [2.75, 3.05) is 19.6 Å². The molecule has 92 valence electrons. The third-order valence-corrected chi connectivity index (χ3v) is 3.20. The summed E-state index contributed by atoms with van der Waals surface area (Å²) in [6.45, 7) is 3.20. The van der Waals surface area contributed by atoms with Gasteiger partial charge in [0, 0.05) is 13.1 Å². The minimum absolute atomic E-state index is 0.345. The van der Waals surface area contributed by atoms with Crippen LogP contribution in [0, 0.1) is 0 Å². The number of likely N-dealkylation sites (tertiary alicyclic amines) is 1. The molecular weight excluding hydrogens is 214 g/mol. The van der Waals surface area contributed by atoms with Crippen molar-refractivity contribution in [1.29, 1.82) is 0 Å². The van der Waals surface area contributed by atoms with Gasteiger partial charge in [-0.3, -0.25) is 4.90 Å². The second-order valence-electron chi connectivity index (χ2n) is 4.46. The SMILES string of the molecule is O=CCN1CCC(OCc2ccccc2)CC1. The van der Waals surface area contributed by atoms with Crippen LogP contribution in [0.3, 0.4) is 0 Å². The molecule has 0 atom stereocenters. The molecule has 1 aromatic rings. The number of ether oxygens (including phenoxy) is 1. The van der Waals surface area contributed by atoms with Crippen molar-refractivity contribution in [1.82, 2.24) is 4.90 Å². The normalized spacial score (nSPS) is 18.1.